The molecule has 1 aromatic rings. The third kappa shape index (κ3) is 2.50. The molecule has 0 saturated heterocycles. The van der Waals surface area contributed by atoms with E-state index in [1.807, 2.05) is 25.1 Å². The van der Waals surface area contributed by atoms with Crippen LogP contribution in [0.15, 0.2) is 18.2 Å². The van der Waals surface area contributed by atoms with E-state index in [2.05, 4.69) is 11.4 Å². The van der Waals surface area contributed by atoms with Gasteiger partial charge >= 0.3 is 0 Å². The van der Waals surface area contributed by atoms with Crippen molar-refractivity contribution in [2.45, 2.75) is 31.8 Å². The van der Waals surface area contributed by atoms with Crippen LogP contribution in [0.4, 0.5) is 0 Å². The first kappa shape index (κ1) is 10.5. The van der Waals surface area contributed by atoms with Crippen LogP contribution < -0.4 is 5.32 Å². The van der Waals surface area contributed by atoms with Crippen molar-refractivity contribution in [1.29, 1.82) is 5.26 Å². The third-order valence-electron chi connectivity index (χ3n) is 2.65. The summed E-state index contributed by atoms with van der Waals surface area (Å²) in [6.45, 7) is 1.99. The van der Waals surface area contributed by atoms with Crippen LogP contribution in [0, 0.1) is 18.3 Å². The van der Waals surface area contributed by atoms with Crippen LogP contribution in [0.2, 0.25) is 5.02 Å². The van der Waals surface area contributed by atoms with Crippen molar-refractivity contribution < 1.29 is 0 Å². The van der Waals surface area contributed by atoms with Crippen LogP contribution in [0.25, 0.3) is 0 Å². The highest BCUT2D eigenvalue weighted by molar-refractivity contribution is 6.30. The molecule has 1 N–H and O–H groups in total. The van der Waals surface area contributed by atoms with E-state index in [-0.39, 0.29) is 6.04 Å². The predicted molar refractivity (Wildman–Crippen MR) is 60.7 cm³/mol. The van der Waals surface area contributed by atoms with Crippen LogP contribution in [0.3, 0.4) is 0 Å². The number of halogens is 1. The van der Waals surface area contributed by atoms with Gasteiger partial charge in [0, 0.05) is 11.1 Å². The summed E-state index contributed by atoms with van der Waals surface area (Å²) in [5.41, 5.74) is 2.11. The summed E-state index contributed by atoms with van der Waals surface area (Å²) < 4.78 is 0. The molecule has 1 aliphatic carbocycles. The van der Waals surface area contributed by atoms with Gasteiger partial charge in [0.05, 0.1) is 6.07 Å². The fourth-order valence-electron chi connectivity index (χ4n) is 1.65. The SMILES string of the molecule is Cc1cc(Cl)ccc1C(C#N)NC1CC1. The zero-order valence-corrected chi connectivity index (χ0v) is 9.38. The van der Waals surface area contributed by atoms with Gasteiger partial charge in [-0.3, -0.25) is 5.32 Å². The molecule has 2 rings (SSSR count). The minimum Gasteiger partial charge on any atom is -0.295 e. The van der Waals surface area contributed by atoms with Gasteiger partial charge in [0.1, 0.15) is 6.04 Å². The number of benzene rings is 1. The molecule has 1 atom stereocenters. The molecule has 78 valence electrons. The first-order valence-electron chi connectivity index (χ1n) is 5.12. The summed E-state index contributed by atoms with van der Waals surface area (Å²) in [5.74, 6) is 0. The van der Waals surface area contributed by atoms with E-state index in [9.17, 15) is 0 Å². The molecule has 0 bridgehead atoms. The summed E-state index contributed by atoms with van der Waals surface area (Å²) in [7, 11) is 0. The lowest BCUT2D eigenvalue weighted by molar-refractivity contribution is 0.623. The van der Waals surface area contributed by atoms with Crippen molar-refractivity contribution >= 4 is 11.6 Å². The number of rotatable bonds is 3. The van der Waals surface area contributed by atoms with Gasteiger partial charge in [-0.1, -0.05) is 17.7 Å². The van der Waals surface area contributed by atoms with Crippen LogP contribution in [-0.2, 0) is 0 Å². The summed E-state index contributed by atoms with van der Waals surface area (Å²) in [5, 5.41) is 13.1. The maximum Gasteiger partial charge on any atom is 0.121 e. The largest absolute Gasteiger partial charge is 0.295 e. The molecule has 0 spiro atoms. The monoisotopic (exact) mass is 220 g/mol. The lowest BCUT2D eigenvalue weighted by atomic mass is 10.0. The van der Waals surface area contributed by atoms with Crippen LogP contribution >= 0.6 is 11.6 Å². The number of hydrogen-bond acceptors (Lipinski definition) is 2. The molecule has 1 aromatic carbocycles. The molecular weight excluding hydrogens is 208 g/mol. The molecule has 15 heavy (non-hydrogen) atoms. The molecule has 2 nitrogen and oxygen atoms in total. The number of nitriles is 1. The number of nitrogens with one attached hydrogen (secondary N) is 1. The second-order valence-electron chi connectivity index (χ2n) is 4.00. The minimum absolute atomic E-state index is 0.199. The quantitative estimate of drug-likeness (QED) is 0.850. The molecular formula is C12H13ClN2. The number of nitrogens with zero attached hydrogens (tertiary/aromatic N) is 1. The van der Waals surface area contributed by atoms with E-state index in [1.165, 1.54) is 12.8 Å². The van der Waals surface area contributed by atoms with Gasteiger partial charge in [0.25, 0.3) is 0 Å². The number of hydrogen-bond donors (Lipinski definition) is 1. The summed E-state index contributed by atoms with van der Waals surface area (Å²) in [4.78, 5) is 0. The van der Waals surface area contributed by atoms with Gasteiger partial charge in [0.15, 0.2) is 0 Å². The van der Waals surface area contributed by atoms with E-state index in [0.29, 0.717) is 6.04 Å². The molecule has 1 fully saturated rings. The lowest BCUT2D eigenvalue weighted by Gasteiger charge is -2.13. The molecule has 0 radical (unpaired) electrons. The molecule has 3 heteroatoms. The fraction of sp³-hybridized carbons (Fsp3) is 0.417. The number of aryl methyl sites for hydroxylation is 1. The Morgan fingerprint density at radius 3 is 2.80 bits per heavy atom. The van der Waals surface area contributed by atoms with E-state index in [0.717, 1.165) is 16.1 Å². The van der Waals surface area contributed by atoms with Crippen LogP contribution in [-0.4, -0.2) is 6.04 Å². The van der Waals surface area contributed by atoms with Crippen LogP contribution in [0.1, 0.15) is 30.0 Å². The summed E-state index contributed by atoms with van der Waals surface area (Å²) in [6, 6.07) is 8.29. The Morgan fingerprint density at radius 2 is 2.27 bits per heavy atom. The molecule has 0 aromatic heterocycles. The van der Waals surface area contributed by atoms with Gasteiger partial charge in [-0.15, -0.1) is 0 Å². The van der Waals surface area contributed by atoms with Crippen molar-refractivity contribution in [1.82, 2.24) is 5.32 Å². The Labute approximate surface area is 94.9 Å². The van der Waals surface area contributed by atoms with Gasteiger partial charge in [-0.2, -0.15) is 5.26 Å². The highest BCUT2D eigenvalue weighted by Gasteiger charge is 2.25. The molecule has 0 heterocycles. The summed E-state index contributed by atoms with van der Waals surface area (Å²) in [6.07, 6.45) is 2.37. The normalized spacial score (nSPS) is 17.1. The minimum atomic E-state index is -0.199. The standard InChI is InChI=1S/C12H13ClN2/c1-8-6-9(13)2-5-11(8)12(7-14)15-10-3-4-10/h2,5-6,10,12,15H,3-4H2,1H3. The lowest BCUT2D eigenvalue weighted by Crippen LogP contribution is -2.22. The average Bonchev–Trinajstić information content (AvgIpc) is 2.99. The van der Waals surface area contributed by atoms with Crippen molar-refractivity contribution in [3.05, 3.63) is 34.3 Å². The van der Waals surface area contributed by atoms with E-state index >= 15 is 0 Å². The van der Waals surface area contributed by atoms with E-state index in [1.54, 1.807) is 0 Å². The van der Waals surface area contributed by atoms with Gasteiger partial charge in [-0.25, -0.2) is 0 Å². The summed E-state index contributed by atoms with van der Waals surface area (Å²) >= 11 is 5.88. The van der Waals surface area contributed by atoms with Gasteiger partial charge in [0.2, 0.25) is 0 Å². The molecule has 0 amide bonds. The fourth-order valence-corrected chi connectivity index (χ4v) is 1.87. The highest BCUT2D eigenvalue weighted by atomic mass is 35.5. The molecule has 1 saturated carbocycles. The Hall–Kier alpha value is -1.04. The topological polar surface area (TPSA) is 35.8 Å². The van der Waals surface area contributed by atoms with E-state index < -0.39 is 0 Å². The molecule has 1 unspecified atom stereocenters. The maximum absolute atomic E-state index is 9.10. The molecule has 0 aliphatic heterocycles. The predicted octanol–water partition coefficient (Wildman–Crippen LogP) is 2.97. The first-order chi connectivity index (χ1) is 7.20. The highest BCUT2D eigenvalue weighted by Crippen LogP contribution is 2.26. The molecule has 1 aliphatic rings. The second kappa shape index (κ2) is 4.22. The zero-order valence-electron chi connectivity index (χ0n) is 8.63. The Bertz CT molecular complexity index is 405. The zero-order chi connectivity index (χ0) is 10.8. The van der Waals surface area contributed by atoms with Crippen molar-refractivity contribution in [3.8, 4) is 6.07 Å². The Balaban J connectivity index is 2.21. The van der Waals surface area contributed by atoms with Crippen molar-refractivity contribution in [3.63, 3.8) is 0 Å². The Morgan fingerprint density at radius 1 is 1.53 bits per heavy atom. The third-order valence-corrected chi connectivity index (χ3v) is 2.89. The van der Waals surface area contributed by atoms with E-state index in [4.69, 9.17) is 16.9 Å². The smallest absolute Gasteiger partial charge is 0.121 e. The van der Waals surface area contributed by atoms with Crippen molar-refractivity contribution in [2.24, 2.45) is 0 Å². The second-order valence-corrected chi connectivity index (χ2v) is 4.44. The average molecular weight is 221 g/mol. The van der Waals surface area contributed by atoms with Gasteiger partial charge in [-0.05, 0) is 43.0 Å². The van der Waals surface area contributed by atoms with Crippen molar-refractivity contribution in [2.75, 3.05) is 0 Å². The van der Waals surface area contributed by atoms with Crippen LogP contribution in [0.5, 0.6) is 0 Å². The van der Waals surface area contributed by atoms with Gasteiger partial charge < -0.3 is 0 Å². The first-order valence-corrected chi connectivity index (χ1v) is 5.50. The maximum atomic E-state index is 9.10. The Kier molecular flexibility index (Phi) is 2.95.